The molecule has 0 amide bonds. The van der Waals surface area contributed by atoms with Gasteiger partial charge in [-0.15, -0.1) is 0 Å². The van der Waals surface area contributed by atoms with Crippen molar-refractivity contribution in [2.45, 2.75) is 18.9 Å². The van der Waals surface area contributed by atoms with Crippen LogP contribution in [0.15, 0.2) is 18.2 Å². The molecule has 4 heteroatoms. The second-order valence-electron chi connectivity index (χ2n) is 3.40. The van der Waals surface area contributed by atoms with Gasteiger partial charge in [0.25, 0.3) is 0 Å². The van der Waals surface area contributed by atoms with Crippen molar-refractivity contribution in [3.8, 4) is 0 Å². The lowest BCUT2D eigenvalue weighted by molar-refractivity contribution is 0.0595. The van der Waals surface area contributed by atoms with Gasteiger partial charge in [0, 0.05) is 7.11 Å². The summed E-state index contributed by atoms with van der Waals surface area (Å²) in [6.07, 6.45) is 0.406. The molecule has 0 aliphatic rings. The molecule has 0 spiro atoms. The Labute approximate surface area is 87.5 Å². The van der Waals surface area contributed by atoms with Crippen LogP contribution >= 0.6 is 0 Å². The zero-order chi connectivity index (χ0) is 11.3. The van der Waals surface area contributed by atoms with Crippen LogP contribution in [0.2, 0.25) is 0 Å². The molecule has 0 fully saturated rings. The average Bonchev–Trinajstić information content (AvgIpc) is 2.20. The summed E-state index contributed by atoms with van der Waals surface area (Å²) in [5.41, 5.74) is 0.670. The summed E-state index contributed by atoms with van der Waals surface area (Å²) in [6, 6.07) is 3.75. The van der Waals surface area contributed by atoms with Crippen molar-refractivity contribution in [1.29, 1.82) is 0 Å². The third-order valence-electron chi connectivity index (χ3n) is 2.11. The first-order valence-corrected chi connectivity index (χ1v) is 4.74. The summed E-state index contributed by atoms with van der Waals surface area (Å²) in [6.45, 7) is 0.254. The minimum atomic E-state index is -0.853. The van der Waals surface area contributed by atoms with Crippen molar-refractivity contribution in [3.05, 3.63) is 35.4 Å². The van der Waals surface area contributed by atoms with Gasteiger partial charge in [-0.2, -0.15) is 0 Å². The SMILES string of the molecule is COCC(O)CCc1ccc(F)c(F)c1. The fraction of sp³-hybridized carbons (Fsp3) is 0.455. The van der Waals surface area contributed by atoms with Crippen LogP contribution in [-0.4, -0.2) is 24.9 Å². The molecular weight excluding hydrogens is 202 g/mol. The van der Waals surface area contributed by atoms with E-state index in [1.54, 1.807) is 0 Å². The van der Waals surface area contributed by atoms with E-state index in [-0.39, 0.29) is 6.61 Å². The van der Waals surface area contributed by atoms with E-state index in [0.717, 1.165) is 12.1 Å². The van der Waals surface area contributed by atoms with Crippen LogP contribution in [0.4, 0.5) is 8.78 Å². The summed E-state index contributed by atoms with van der Waals surface area (Å²) < 4.78 is 30.1. The van der Waals surface area contributed by atoms with Crippen LogP contribution in [0.5, 0.6) is 0 Å². The lowest BCUT2D eigenvalue weighted by Gasteiger charge is -2.08. The van der Waals surface area contributed by atoms with Gasteiger partial charge in [-0.25, -0.2) is 8.78 Å². The molecule has 0 saturated carbocycles. The maximum Gasteiger partial charge on any atom is 0.159 e. The van der Waals surface area contributed by atoms with Crippen molar-refractivity contribution in [2.24, 2.45) is 0 Å². The normalized spacial score (nSPS) is 12.8. The molecule has 2 nitrogen and oxygen atoms in total. The molecule has 15 heavy (non-hydrogen) atoms. The third kappa shape index (κ3) is 3.93. The average molecular weight is 216 g/mol. The van der Waals surface area contributed by atoms with Gasteiger partial charge in [-0.05, 0) is 30.5 Å². The van der Waals surface area contributed by atoms with Gasteiger partial charge >= 0.3 is 0 Å². The molecule has 1 aromatic rings. The van der Waals surface area contributed by atoms with Gasteiger partial charge in [-0.1, -0.05) is 6.07 Å². The van der Waals surface area contributed by atoms with Crippen molar-refractivity contribution >= 4 is 0 Å². The van der Waals surface area contributed by atoms with E-state index in [4.69, 9.17) is 4.74 Å². The lowest BCUT2D eigenvalue weighted by Crippen LogP contribution is -2.14. The molecule has 1 N–H and O–H groups in total. The topological polar surface area (TPSA) is 29.5 Å². The molecule has 1 unspecified atom stereocenters. The summed E-state index contributed by atoms with van der Waals surface area (Å²) >= 11 is 0. The summed E-state index contributed by atoms with van der Waals surface area (Å²) in [4.78, 5) is 0. The van der Waals surface area contributed by atoms with Crippen LogP contribution in [0.25, 0.3) is 0 Å². The number of aryl methyl sites for hydroxylation is 1. The van der Waals surface area contributed by atoms with E-state index in [9.17, 15) is 13.9 Å². The number of aliphatic hydroxyl groups is 1. The Morgan fingerprint density at radius 2 is 2.07 bits per heavy atom. The lowest BCUT2D eigenvalue weighted by atomic mass is 10.1. The maximum absolute atomic E-state index is 12.8. The Hall–Kier alpha value is -1.00. The summed E-state index contributed by atoms with van der Waals surface area (Å²) in [5.74, 6) is -1.70. The summed E-state index contributed by atoms with van der Waals surface area (Å²) in [5, 5.41) is 9.34. The van der Waals surface area contributed by atoms with Crippen LogP contribution in [0, 0.1) is 11.6 Å². The minimum Gasteiger partial charge on any atom is -0.391 e. The quantitative estimate of drug-likeness (QED) is 0.814. The Bertz CT molecular complexity index is 315. The molecule has 84 valence electrons. The van der Waals surface area contributed by atoms with Crippen molar-refractivity contribution in [3.63, 3.8) is 0 Å². The number of benzene rings is 1. The third-order valence-corrected chi connectivity index (χ3v) is 2.11. The molecule has 1 atom stereocenters. The number of rotatable bonds is 5. The van der Waals surface area contributed by atoms with E-state index in [1.165, 1.54) is 13.2 Å². The standard InChI is InChI=1S/C11H14F2O2/c1-15-7-9(14)4-2-8-3-5-10(12)11(13)6-8/h3,5-6,9,14H,2,4,7H2,1H3. The first-order valence-electron chi connectivity index (χ1n) is 4.74. The highest BCUT2D eigenvalue weighted by atomic mass is 19.2. The molecule has 0 bridgehead atoms. The smallest absolute Gasteiger partial charge is 0.159 e. The van der Waals surface area contributed by atoms with Gasteiger partial charge in [0.15, 0.2) is 11.6 Å². The monoisotopic (exact) mass is 216 g/mol. The molecule has 0 aliphatic carbocycles. The Morgan fingerprint density at radius 1 is 1.33 bits per heavy atom. The molecular formula is C11H14F2O2. The minimum absolute atomic E-state index is 0.254. The first kappa shape index (κ1) is 12.1. The summed E-state index contributed by atoms with van der Waals surface area (Å²) in [7, 11) is 1.50. The van der Waals surface area contributed by atoms with Gasteiger partial charge in [0.2, 0.25) is 0 Å². The second kappa shape index (κ2) is 5.78. The molecule has 1 aromatic carbocycles. The van der Waals surface area contributed by atoms with Crippen molar-refractivity contribution in [2.75, 3.05) is 13.7 Å². The molecule has 0 radical (unpaired) electrons. The highest BCUT2D eigenvalue weighted by Gasteiger charge is 2.06. The number of methoxy groups -OCH3 is 1. The fourth-order valence-corrected chi connectivity index (χ4v) is 1.30. The molecule has 0 aliphatic heterocycles. The van der Waals surface area contributed by atoms with Crippen LogP contribution < -0.4 is 0 Å². The van der Waals surface area contributed by atoms with Gasteiger partial charge in [0.1, 0.15) is 0 Å². The van der Waals surface area contributed by atoms with Gasteiger partial charge in [0.05, 0.1) is 12.7 Å². The van der Waals surface area contributed by atoms with E-state index >= 15 is 0 Å². The van der Waals surface area contributed by atoms with E-state index in [0.29, 0.717) is 18.4 Å². The van der Waals surface area contributed by atoms with E-state index in [2.05, 4.69) is 0 Å². The maximum atomic E-state index is 12.8. The highest BCUT2D eigenvalue weighted by molar-refractivity contribution is 5.17. The molecule has 0 heterocycles. The van der Waals surface area contributed by atoms with Gasteiger partial charge < -0.3 is 9.84 Å². The molecule has 0 aromatic heterocycles. The predicted molar refractivity (Wildman–Crippen MR) is 52.6 cm³/mol. The van der Waals surface area contributed by atoms with Crippen molar-refractivity contribution in [1.82, 2.24) is 0 Å². The molecule has 0 saturated heterocycles. The Balaban J connectivity index is 2.47. The predicted octanol–water partition coefficient (Wildman–Crippen LogP) is 1.90. The number of aliphatic hydroxyl groups excluding tert-OH is 1. The number of ether oxygens (including phenoxy) is 1. The van der Waals surface area contributed by atoms with Crippen molar-refractivity contribution < 1.29 is 18.6 Å². The zero-order valence-corrected chi connectivity index (χ0v) is 8.54. The highest BCUT2D eigenvalue weighted by Crippen LogP contribution is 2.11. The van der Waals surface area contributed by atoms with Crippen LogP contribution in [0.3, 0.4) is 0 Å². The fourth-order valence-electron chi connectivity index (χ4n) is 1.30. The Kier molecular flexibility index (Phi) is 4.65. The van der Waals surface area contributed by atoms with Gasteiger partial charge in [-0.3, -0.25) is 0 Å². The number of halogens is 2. The Morgan fingerprint density at radius 3 is 2.67 bits per heavy atom. The number of hydrogen-bond donors (Lipinski definition) is 1. The van der Waals surface area contributed by atoms with E-state index in [1.807, 2.05) is 0 Å². The molecule has 1 rings (SSSR count). The zero-order valence-electron chi connectivity index (χ0n) is 8.54. The number of hydrogen-bond acceptors (Lipinski definition) is 2. The van der Waals surface area contributed by atoms with Crippen LogP contribution in [-0.2, 0) is 11.2 Å². The van der Waals surface area contributed by atoms with E-state index < -0.39 is 17.7 Å². The second-order valence-corrected chi connectivity index (χ2v) is 3.40. The first-order chi connectivity index (χ1) is 7.13. The largest absolute Gasteiger partial charge is 0.391 e. The van der Waals surface area contributed by atoms with Crippen LogP contribution in [0.1, 0.15) is 12.0 Å².